The molecule has 1 N–H and O–H groups in total. The second-order valence-electron chi connectivity index (χ2n) is 5.28. The van der Waals surface area contributed by atoms with Gasteiger partial charge in [-0.15, -0.1) is 0 Å². The lowest BCUT2D eigenvalue weighted by Crippen LogP contribution is -2.28. The van der Waals surface area contributed by atoms with Crippen molar-refractivity contribution in [2.75, 3.05) is 38.7 Å². The molecule has 0 amide bonds. The van der Waals surface area contributed by atoms with Crippen molar-refractivity contribution < 1.29 is 4.74 Å². The van der Waals surface area contributed by atoms with Crippen LogP contribution in [0.3, 0.4) is 0 Å². The highest BCUT2D eigenvalue weighted by Gasteiger charge is 2.20. The predicted octanol–water partition coefficient (Wildman–Crippen LogP) is 1.68. The molecular weight excluding hydrogens is 252 g/mol. The Kier molecular flexibility index (Phi) is 3.69. The molecule has 0 unspecified atom stereocenters. The second-order valence-corrected chi connectivity index (χ2v) is 5.28. The van der Waals surface area contributed by atoms with Crippen molar-refractivity contribution in [3.05, 3.63) is 24.3 Å². The van der Waals surface area contributed by atoms with Crippen LogP contribution in [0.25, 0.3) is 11.0 Å². The van der Waals surface area contributed by atoms with Crippen molar-refractivity contribution in [1.82, 2.24) is 15.3 Å². The number of nitrogens with zero attached hydrogens (tertiary/aromatic N) is 3. The Morgan fingerprint density at radius 2 is 2.05 bits per heavy atom. The van der Waals surface area contributed by atoms with Gasteiger partial charge in [-0.05, 0) is 37.6 Å². The quantitative estimate of drug-likeness (QED) is 0.918. The molecule has 0 aliphatic carbocycles. The van der Waals surface area contributed by atoms with Crippen LogP contribution < -0.4 is 15.0 Å². The zero-order chi connectivity index (χ0) is 13.9. The van der Waals surface area contributed by atoms with E-state index in [2.05, 4.69) is 22.2 Å². The molecule has 2 aromatic rings. The van der Waals surface area contributed by atoms with Crippen LogP contribution in [0.5, 0.6) is 5.88 Å². The number of para-hydroxylation sites is 2. The standard InChI is InChI=1S/C15H20N4O/c1-19(10-11-7-8-16-9-11)14-15(20-2)18-13-6-4-3-5-12(13)17-14/h3-6,11,16H,7-10H2,1-2H3/t11-/m0/s1. The fourth-order valence-corrected chi connectivity index (χ4v) is 2.70. The van der Waals surface area contributed by atoms with E-state index in [4.69, 9.17) is 9.72 Å². The molecule has 1 aliphatic heterocycles. The number of benzene rings is 1. The third-order valence-electron chi connectivity index (χ3n) is 3.77. The van der Waals surface area contributed by atoms with E-state index < -0.39 is 0 Å². The summed E-state index contributed by atoms with van der Waals surface area (Å²) >= 11 is 0. The fourth-order valence-electron chi connectivity index (χ4n) is 2.70. The van der Waals surface area contributed by atoms with Crippen molar-refractivity contribution in [3.8, 4) is 5.88 Å². The molecule has 0 spiro atoms. The monoisotopic (exact) mass is 272 g/mol. The van der Waals surface area contributed by atoms with E-state index >= 15 is 0 Å². The molecule has 0 radical (unpaired) electrons. The summed E-state index contributed by atoms with van der Waals surface area (Å²) in [7, 11) is 3.70. The summed E-state index contributed by atoms with van der Waals surface area (Å²) in [6.45, 7) is 3.16. The maximum Gasteiger partial charge on any atom is 0.257 e. The number of rotatable bonds is 4. The molecule has 20 heavy (non-hydrogen) atoms. The SMILES string of the molecule is COc1nc2ccccc2nc1N(C)C[C@H]1CCNC1. The molecular formula is C15H20N4O. The minimum atomic E-state index is 0.595. The Hall–Kier alpha value is -1.88. The normalized spacial score (nSPS) is 18.4. The van der Waals surface area contributed by atoms with Crippen LogP contribution in [0.1, 0.15) is 6.42 Å². The average molecular weight is 272 g/mol. The highest BCUT2D eigenvalue weighted by atomic mass is 16.5. The van der Waals surface area contributed by atoms with Gasteiger partial charge >= 0.3 is 0 Å². The Labute approximate surface area is 119 Å². The Balaban J connectivity index is 1.91. The molecule has 5 heteroatoms. The molecule has 3 rings (SSSR count). The number of aromatic nitrogens is 2. The smallest absolute Gasteiger partial charge is 0.257 e. The first-order chi connectivity index (χ1) is 9.78. The highest BCUT2D eigenvalue weighted by molar-refractivity contribution is 5.77. The van der Waals surface area contributed by atoms with Crippen LogP contribution in [0, 0.1) is 5.92 Å². The zero-order valence-electron chi connectivity index (χ0n) is 12.0. The molecule has 1 aromatic heterocycles. The van der Waals surface area contributed by atoms with Crippen LogP contribution >= 0.6 is 0 Å². The van der Waals surface area contributed by atoms with Gasteiger partial charge in [0.2, 0.25) is 0 Å². The van der Waals surface area contributed by atoms with E-state index in [1.54, 1.807) is 7.11 Å². The van der Waals surface area contributed by atoms with Gasteiger partial charge in [-0.2, -0.15) is 0 Å². The minimum absolute atomic E-state index is 0.595. The first-order valence-electron chi connectivity index (χ1n) is 7.00. The van der Waals surface area contributed by atoms with Crippen LogP contribution in [0.4, 0.5) is 5.82 Å². The van der Waals surface area contributed by atoms with E-state index in [-0.39, 0.29) is 0 Å². The van der Waals surface area contributed by atoms with Crippen LogP contribution in [0.15, 0.2) is 24.3 Å². The molecule has 0 saturated carbocycles. The number of hydrogen-bond donors (Lipinski definition) is 1. The van der Waals surface area contributed by atoms with E-state index in [1.165, 1.54) is 6.42 Å². The van der Waals surface area contributed by atoms with Crippen LogP contribution in [-0.4, -0.2) is 43.8 Å². The summed E-state index contributed by atoms with van der Waals surface area (Å²) in [5, 5.41) is 3.39. The summed E-state index contributed by atoms with van der Waals surface area (Å²) < 4.78 is 5.41. The van der Waals surface area contributed by atoms with E-state index in [1.807, 2.05) is 24.3 Å². The van der Waals surface area contributed by atoms with Gasteiger partial charge in [-0.25, -0.2) is 9.97 Å². The van der Waals surface area contributed by atoms with Gasteiger partial charge in [0.15, 0.2) is 5.82 Å². The van der Waals surface area contributed by atoms with E-state index in [0.717, 1.165) is 36.5 Å². The summed E-state index contributed by atoms with van der Waals surface area (Å²) in [6, 6.07) is 7.88. The van der Waals surface area contributed by atoms with Crippen LogP contribution in [0.2, 0.25) is 0 Å². The van der Waals surface area contributed by atoms with Gasteiger partial charge in [0.1, 0.15) is 0 Å². The van der Waals surface area contributed by atoms with Gasteiger partial charge in [-0.3, -0.25) is 0 Å². The molecule has 0 bridgehead atoms. The third-order valence-corrected chi connectivity index (χ3v) is 3.77. The molecule has 1 fully saturated rings. The number of ether oxygens (including phenoxy) is 1. The number of methoxy groups -OCH3 is 1. The Morgan fingerprint density at radius 3 is 2.70 bits per heavy atom. The predicted molar refractivity (Wildman–Crippen MR) is 80.3 cm³/mol. The van der Waals surface area contributed by atoms with Gasteiger partial charge in [0.25, 0.3) is 5.88 Å². The minimum Gasteiger partial charge on any atom is -0.478 e. The maximum absolute atomic E-state index is 5.41. The van der Waals surface area contributed by atoms with Crippen molar-refractivity contribution in [1.29, 1.82) is 0 Å². The lowest BCUT2D eigenvalue weighted by Gasteiger charge is -2.23. The zero-order valence-corrected chi connectivity index (χ0v) is 12.0. The summed E-state index contributed by atoms with van der Waals surface area (Å²) in [4.78, 5) is 11.4. The van der Waals surface area contributed by atoms with Crippen molar-refractivity contribution in [2.45, 2.75) is 6.42 Å². The van der Waals surface area contributed by atoms with E-state index in [0.29, 0.717) is 11.8 Å². The second kappa shape index (κ2) is 5.63. The number of hydrogen-bond acceptors (Lipinski definition) is 5. The molecule has 106 valence electrons. The summed E-state index contributed by atoms with van der Waals surface area (Å²) in [6.07, 6.45) is 1.22. The number of anilines is 1. The summed E-state index contributed by atoms with van der Waals surface area (Å²) in [5.74, 6) is 2.08. The van der Waals surface area contributed by atoms with Gasteiger partial charge in [0, 0.05) is 13.6 Å². The molecule has 1 aliphatic rings. The lowest BCUT2D eigenvalue weighted by molar-refractivity contribution is 0.397. The van der Waals surface area contributed by atoms with Gasteiger partial charge in [0.05, 0.1) is 18.1 Å². The summed E-state index contributed by atoms with van der Waals surface area (Å²) in [5.41, 5.74) is 1.77. The number of fused-ring (bicyclic) bond motifs is 1. The lowest BCUT2D eigenvalue weighted by atomic mass is 10.1. The molecule has 1 aromatic carbocycles. The fraction of sp³-hybridized carbons (Fsp3) is 0.467. The van der Waals surface area contributed by atoms with Crippen molar-refractivity contribution in [3.63, 3.8) is 0 Å². The molecule has 5 nitrogen and oxygen atoms in total. The number of nitrogens with one attached hydrogen (secondary N) is 1. The first-order valence-corrected chi connectivity index (χ1v) is 7.00. The molecule has 1 atom stereocenters. The first kappa shape index (κ1) is 13.1. The van der Waals surface area contributed by atoms with Gasteiger partial charge in [-0.1, -0.05) is 12.1 Å². The Bertz CT molecular complexity index is 595. The Morgan fingerprint density at radius 1 is 1.30 bits per heavy atom. The topological polar surface area (TPSA) is 50.3 Å². The van der Waals surface area contributed by atoms with Crippen molar-refractivity contribution in [2.24, 2.45) is 5.92 Å². The largest absolute Gasteiger partial charge is 0.478 e. The molecule has 2 heterocycles. The van der Waals surface area contributed by atoms with Gasteiger partial charge < -0.3 is 15.0 Å². The van der Waals surface area contributed by atoms with Crippen molar-refractivity contribution >= 4 is 16.9 Å². The molecule has 1 saturated heterocycles. The highest BCUT2D eigenvalue weighted by Crippen LogP contribution is 2.26. The third kappa shape index (κ3) is 2.54. The maximum atomic E-state index is 5.41. The average Bonchev–Trinajstić information content (AvgIpc) is 2.98. The van der Waals surface area contributed by atoms with E-state index in [9.17, 15) is 0 Å². The van der Waals surface area contributed by atoms with Crippen LogP contribution in [-0.2, 0) is 0 Å².